The Labute approximate surface area is 117 Å². The van der Waals surface area contributed by atoms with E-state index in [0.717, 1.165) is 28.5 Å². The number of alkyl halides is 1. The van der Waals surface area contributed by atoms with Crippen LogP contribution in [0.1, 0.15) is 11.1 Å². The lowest BCUT2D eigenvalue weighted by atomic mass is 10.2. The molecule has 0 N–H and O–H groups in total. The molecule has 1 aromatic carbocycles. The molecular formula is C14H14Cl2N2. The van der Waals surface area contributed by atoms with Crippen molar-refractivity contribution in [3.8, 4) is 0 Å². The third-order valence-electron chi connectivity index (χ3n) is 2.66. The third-order valence-corrected chi connectivity index (χ3v) is 3.21. The molecule has 0 spiro atoms. The Morgan fingerprint density at radius 2 is 2.00 bits per heavy atom. The first kappa shape index (κ1) is 13.2. The summed E-state index contributed by atoms with van der Waals surface area (Å²) in [5, 5.41) is 0.756. The molecule has 0 aliphatic rings. The predicted octanol–water partition coefficient (Wildman–Crippen LogP) is 4.11. The smallest absolute Gasteiger partial charge is 0.128 e. The Hall–Kier alpha value is -1.25. The molecule has 0 atom stereocenters. The number of rotatable bonds is 4. The first-order valence-corrected chi connectivity index (χ1v) is 6.57. The Morgan fingerprint density at radius 3 is 2.61 bits per heavy atom. The first-order valence-electron chi connectivity index (χ1n) is 5.65. The van der Waals surface area contributed by atoms with Crippen LogP contribution in [0.15, 0.2) is 42.6 Å². The topological polar surface area (TPSA) is 16.1 Å². The highest BCUT2D eigenvalue weighted by Crippen LogP contribution is 2.16. The number of hydrogen-bond donors (Lipinski definition) is 0. The maximum atomic E-state index is 5.97. The van der Waals surface area contributed by atoms with Crippen molar-refractivity contribution in [1.82, 2.24) is 4.98 Å². The molecule has 0 bridgehead atoms. The Morgan fingerprint density at radius 1 is 1.17 bits per heavy atom. The van der Waals surface area contributed by atoms with Gasteiger partial charge in [0.2, 0.25) is 0 Å². The Balaban J connectivity index is 2.09. The van der Waals surface area contributed by atoms with E-state index >= 15 is 0 Å². The lowest BCUT2D eigenvalue weighted by Gasteiger charge is -2.18. The molecule has 1 aromatic heterocycles. The van der Waals surface area contributed by atoms with E-state index in [4.69, 9.17) is 23.2 Å². The minimum absolute atomic E-state index is 0.491. The highest BCUT2D eigenvalue weighted by atomic mass is 35.5. The van der Waals surface area contributed by atoms with Crippen molar-refractivity contribution in [2.75, 3.05) is 11.9 Å². The summed E-state index contributed by atoms with van der Waals surface area (Å²) in [4.78, 5) is 6.45. The highest BCUT2D eigenvalue weighted by Gasteiger charge is 2.04. The van der Waals surface area contributed by atoms with Crippen LogP contribution in [0.4, 0.5) is 5.82 Å². The molecule has 0 unspecified atom stereocenters. The van der Waals surface area contributed by atoms with Gasteiger partial charge in [-0.15, -0.1) is 11.6 Å². The van der Waals surface area contributed by atoms with Crippen molar-refractivity contribution >= 4 is 29.0 Å². The molecule has 0 saturated heterocycles. The summed E-state index contributed by atoms with van der Waals surface area (Å²) in [7, 11) is 2.00. The molecule has 4 heteroatoms. The second-order valence-corrected chi connectivity index (χ2v) is 4.85. The van der Waals surface area contributed by atoms with Gasteiger partial charge in [0, 0.05) is 30.7 Å². The number of halogens is 2. The molecule has 2 rings (SSSR count). The number of nitrogens with zero attached hydrogens (tertiary/aromatic N) is 2. The maximum absolute atomic E-state index is 5.97. The van der Waals surface area contributed by atoms with Crippen molar-refractivity contribution in [2.24, 2.45) is 0 Å². The van der Waals surface area contributed by atoms with E-state index in [1.54, 1.807) is 6.20 Å². The zero-order valence-corrected chi connectivity index (χ0v) is 11.6. The van der Waals surface area contributed by atoms with Crippen molar-refractivity contribution in [3.05, 3.63) is 58.7 Å². The molecule has 0 aliphatic carbocycles. The van der Waals surface area contributed by atoms with E-state index in [2.05, 4.69) is 16.0 Å². The van der Waals surface area contributed by atoms with E-state index in [1.165, 1.54) is 0 Å². The molecular weight excluding hydrogens is 267 g/mol. The van der Waals surface area contributed by atoms with Crippen LogP contribution in [-0.2, 0) is 12.4 Å². The Kier molecular flexibility index (Phi) is 4.45. The summed E-state index contributed by atoms with van der Waals surface area (Å²) >= 11 is 11.7. The largest absolute Gasteiger partial charge is 0.355 e. The van der Waals surface area contributed by atoms with Crippen LogP contribution in [0.5, 0.6) is 0 Å². The lowest BCUT2D eigenvalue weighted by Crippen LogP contribution is -2.17. The first-order chi connectivity index (χ1) is 8.69. The fourth-order valence-corrected chi connectivity index (χ4v) is 2.08. The standard InChI is InChI=1S/C14H14Cl2N2/c1-18(10-11-3-2-4-13(16)7-11)14-6-5-12(8-15)9-17-14/h2-7,9H,8,10H2,1H3. The van der Waals surface area contributed by atoms with Crippen molar-refractivity contribution < 1.29 is 0 Å². The molecule has 1 heterocycles. The molecule has 0 amide bonds. The Bertz CT molecular complexity index is 511. The second-order valence-electron chi connectivity index (χ2n) is 4.14. The van der Waals surface area contributed by atoms with Gasteiger partial charge in [-0.2, -0.15) is 0 Å². The van der Waals surface area contributed by atoms with Crippen LogP contribution in [0.3, 0.4) is 0 Å². The molecule has 0 radical (unpaired) electrons. The SMILES string of the molecule is CN(Cc1cccc(Cl)c1)c1ccc(CCl)cn1. The van der Waals surface area contributed by atoms with Gasteiger partial charge in [0.1, 0.15) is 5.82 Å². The molecule has 0 saturated carbocycles. The van der Waals surface area contributed by atoms with Crippen LogP contribution in [0, 0.1) is 0 Å². The fourth-order valence-electron chi connectivity index (χ4n) is 1.71. The molecule has 18 heavy (non-hydrogen) atoms. The van der Waals surface area contributed by atoms with Gasteiger partial charge >= 0.3 is 0 Å². The van der Waals surface area contributed by atoms with Gasteiger partial charge in [-0.05, 0) is 29.3 Å². The minimum Gasteiger partial charge on any atom is -0.355 e. The van der Waals surface area contributed by atoms with E-state index < -0.39 is 0 Å². The van der Waals surface area contributed by atoms with Crippen LogP contribution in [0.2, 0.25) is 5.02 Å². The molecule has 94 valence electrons. The normalized spacial score (nSPS) is 10.4. The summed E-state index contributed by atoms with van der Waals surface area (Å²) in [6.45, 7) is 0.772. The number of aromatic nitrogens is 1. The summed E-state index contributed by atoms with van der Waals surface area (Å²) in [5.41, 5.74) is 2.18. The molecule has 2 nitrogen and oxygen atoms in total. The minimum atomic E-state index is 0.491. The van der Waals surface area contributed by atoms with Crippen molar-refractivity contribution in [3.63, 3.8) is 0 Å². The van der Waals surface area contributed by atoms with Gasteiger partial charge in [0.05, 0.1) is 0 Å². The van der Waals surface area contributed by atoms with E-state index in [-0.39, 0.29) is 0 Å². The lowest BCUT2D eigenvalue weighted by molar-refractivity contribution is 0.896. The summed E-state index contributed by atoms with van der Waals surface area (Å²) in [6, 6.07) is 11.8. The zero-order chi connectivity index (χ0) is 13.0. The number of benzene rings is 1. The van der Waals surface area contributed by atoms with Crippen LogP contribution < -0.4 is 4.90 Å². The quantitative estimate of drug-likeness (QED) is 0.784. The summed E-state index contributed by atoms with van der Waals surface area (Å²) in [6.07, 6.45) is 1.80. The average molecular weight is 281 g/mol. The number of hydrogen-bond acceptors (Lipinski definition) is 2. The molecule has 0 aliphatic heterocycles. The molecule has 0 fully saturated rings. The summed E-state index contributed by atoms with van der Waals surface area (Å²) < 4.78 is 0. The zero-order valence-electron chi connectivity index (χ0n) is 10.1. The van der Waals surface area contributed by atoms with Gasteiger partial charge in [-0.3, -0.25) is 0 Å². The monoisotopic (exact) mass is 280 g/mol. The number of anilines is 1. The van der Waals surface area contributed by atoms with E-state index in [1.807, 2.05) is 37.4 Å². The van der Waals surface area contributed by atoms with Gasteiger partial charge in [-0.25, -0.2) is 4.98 Å². The van der Waals surface area contributed by atoms with Crippen LogP contribution >= 0.6 is 23.2 Å². The average Bonchev–Trinajstić information content (AvgIpc) is 2.39. The van der Waals surface area contributed by atoms with E-state index in [9.17, 15) is 0 Å². The van der Waals surface area contributed by atoms with E-state index in [0.29, 0.717) is 5.88 Å². The van der Waals surface area contributed by atoms with Gasteiger partial charge < -0.3 is 4.90 Å². The van der Waals surface area contributed by atoms with Gasteiger partial charge in [0.15, 0.2) is 0 Å². The van der Waals surface area contributed by atoms with Gasteiger partial charge in [0.25, 0.3) is 0 Å². The van der Waals surface area contributed by atoms with Crippen molar-refractivity contribution in [2.45, 2.75) is 12.4 Å². The van der Waals surface area contributed by atoms with Crippen LogP contribution in [-0.4, -0.2) is 12.0 Å². The maximum Gasteiger partial charge on any atom is 0.128 e. The van der Waals surface area contributed by atoms with Crippen molar-refractivity contribution in [1.29, 1.82) is 0 Å². The fraction of sp³-hybridized carbons (Fsp3) is 0.214. The van der Waals surface area contributed by atoms with Crippen LogP contribution in [0.25, 0.3) is 0 Å². The highest BCUT2D eigenvalue weighted by molar-refractivity contribution is 6.30. The third kappa shape index (κ3) is 3.37. The molecule has 2 aromatic rings. The predicted molar refractivity (Wildman–Crippen MR) is 77.4 cm³/mol. The van der Waals surface area contributed by atoms with Gasteiger partial charge in [-0.1, -0.05) is 29.8 Å². The number of pyridine rings is 1. The second kappa shape index (κ2) is 6.07. The summed E-state index contributed by atoms with van der Waals surface area (Å²) in [5.74, 6) is 1.41.